The Balaban J connectivity index is 1.58. The molecule has 3 rings (SSSR count). The Labute approximate surface area is 189 Å². The summed E-state index contributed by atoms with van der Waals surface area (Å²) in [5.41, 5.74) is 1.72. The number of carbonyl (C=O) groups is 2. The van der Waals surface area contributed by atoms with E-state index in [9.17, 15) is 9.59 Å². The van der Waals surface area contributed by atoms with Crippen molar-refractivity contribution in [2.45, 2.75) is 33.1 Å². The number of carbonyl (C=O) groups excluding carboxylic acids is 2. The molecule has 2 N–H and O–H groups in total. The molecule has 164 valence electrons. The summed E-state index contributed by atoms with van der Waals surface area (Å²) >= 11 is 5.30. The SMILES string of the molecule is CC(C)COc1cccc(C(=O)NC(=S)Nc2cccc(C(=O)N3CCCCC3)c2)c1. The summed E-state index contributed by atoms with van der Waals surface area (Å²) < 4.78 is 5.68. The number of benzene rings is 2. The number of thiocarbonyl (C=S) groups is 1. The van der Waals surface area contributed by atoms with Gasteiger partial charge in [0.05, 0.1) is 6.61 Å². The van der Waals surface area contributed by atoms with Crippen molar-refractivity contribution in [3.05, 3.63) is 59.7 Å². The molecule has 2 amide bonds. The molecule has 0 atom stereocenters. The molecule has 1 aliphatic rings. The predicted octanol–water partition coefficient (Wildman–Crippen LogP) is 4.47. The molecular weight excluding hydrogens is 410 g/mol. The van der Waals surface area contributed by atoms with Crippen molar-refractivity contribution in [1.29, 1.82) is 0 Å². The number of amides is 2. The number of piperidine rings is 1. The fourth-order valence-electron chi connectivity index (χ4n) is 3.34. The minimum absolute atomic E-state index is 0.0246. The Hall–Kier alpha value is -2.93. The van der Waals surface area contributed by atoms with E-state index in [-0.39, 0.29) is 16.9 Å². The third kappa shape index (κ3) is 6.79. The Kier molecular flexibility index (Phi) is 8.00. The topological polar surface area (TPSA) is 70.7 Å². The van der Waals surface area contributed by atoms with E-state index in [0.29, 0.717) is 35.1 Å². The van der Waals surface area contributed by atoms with E-state index in [1.165, 1.54) is 6.42 Å². The number of ether oxygens (including phenoxy) is 1. The molecule has 0 spiro atoms. The molecule has 2 aromatic carbocycles. The molecule has 1 heterocycles. The fourth-order valence-corrected chi connectivity index (χ4v) is 3.55. The Morgan fingerprint density at radius 3 is 2.48 bits per heavy atom. The second-order valence-corrected chi connectivity index (χ2v) is 8.48. The highest BCUT2D eigenvalue weighted by Crippen LogP contribution is 2.17. The molecule has 2 aromatic rings. The molecule has 7 heteroatoms. The molecule has 1 saturated heterocycles. The zero-order valence-corrected chi connectivity index (χ0v) is 18.8. The normalized spacial score (nSPS) is 13.6. The second kappa shape index (κ2) is 10.9. The first-order valence-electron chi connectivity index (χ1n) is 10.7. The van der Waals surface area contributed by atoms with Crippen molar-refractivity contribution in [3.63, 3.8) is 0 Å². The van der Waals surface area contributed by atoms with Crippen molar-refractivity contribution >= 4 is 34.8 Å². The quantitative estimate of drug-likeness (QED) is 0.650. The summed E-state index contributed by atoms with van der Waals surface area (Å²) in [6, 6.07) is 14.2. The van der Waals surface area contributed by atoms with Crippen molar-refractivity contribution in [1.82, 2.24) is 10.2 Å². The van der Waals surface area contributed by atoms with Gasteiger partial charge in [-0.3, -0.25) is 14.9 Å². The summed E-state index contributed by atoms with van der Waals surface area (Å²) in [4.78, 5) is 27.2. The summed E-state index contributed by atoms with van der Waals surface area (Å²) in [6.07, 6.45) is 3.26. The molecule has 0 aliphatic carbocycles. The van der Waals surface area contributed by atoms with Crippen molar-refractivity contribution in [3.8, 4) is 5.75 Å². The van der Waals surface area contributed by atoms with Gasteiger partial charge in [0.25, 0.3) is 11.8 Å². The van der Waals surface area contributed by atoms with Gasteiger partial charge in [-0.05, 0) is 73.8 Å². The van der Waals surface area contributed by atoms with Crippen LogP contribution in [0.25, 0.3) is 0 Å². The molecule has 0 saturated carbocycles. The van der Waals surface area contributed by atoms with Gasteiger partial charge in [-0.1, -0.05) is 26.0 Å². The highest BCUT2D eigenvalue weighted by Gasteiger charge is 2.18. The molecule has 0 unspecified atom stereocenters. The molecule has 0 radical (unpaired) electrons. The highest BCUT2D eigenvalue weighted by atomic mass is 32.1. The maximum Gasteiger partial charge on any atom is 0.257 e. The lowest BCUT2D eigenvalue weighted by molar-refractivity contribution is 0.0724. The molecule has 31 heavy (non-hydrogen) atoms. The minimum Gasteiger partial charge on any atom is -0.493 e. The first-order valence-corrected chi connectivity index (χ1v) is 11.1. The fraction of sp³-hybridized carbons (Fsp3) is 0.375. The van der Waals surface area contributed by atoms with Gasteiger partial charge < -0.3 is 15.0 Å². The van der Waals surface area contributed by atoms with Crippen LogP contribution < -0.4 is 15.4 Å². The number of nitrogens with zero attached hydrogens (tertiary/aromatic N) is 1. The zero-order valence-electron chi connectivity index (χ0n) is 18.0. The minimum atomic E-state index is -0.326. The predicted molar refractivity (Wildman–Crippen MR) is 127 cm³/mol. The summed E-state index contributed by atoms with van der Waals surface area (Å²) in [6.45, 7) is 6.30. The van der Waals surface area contributed by atoms with E-state index in [1.54, 1.807) is 36.4 Å². The van der Waals surface area contributed by atoms with Crippen LogP contribution in [-0.4, -0.2) is 41.5 Å². The monoisotopic (exact) mass is 439 g/mol. The number of rotatable bonds is 6. The maximum atomic E-state index is 12.7. The van der Waals surface area contributed by atoms with Crippen LogP contribution in [0.3, 0.4) is 0 Å². The van der Waals surface area contributed by atoms with E-state index in [0.717, 1.165) is 25.9 Å². The van der Waals surface area contributed by atoms with E-state index in [1.807, 2.05) is 17.0 Å². The molecule has 0 bridgehead atoms. The van der Waals surface area contributed by atoms with E-state index < -0.39 is 0 Å². The third-order valence-corrected chi connectivity index (χ3v) is 5.12. The van der Waals surface area contributed by atoms with Gasteiger partial charge in [-0.25, -0.2) is 0 Å². The van der Waals surface area contributed by atoms with Gasteiger partial charge in [0.2, 0.25) is 0 Å². The number of nitrogens with one attached hydrogen (secondary N) is 2. The first-order chi connectivity index (χ1) is 14.9. The van der Waals surface area contributed by atoms with Crippen molar-refractivity contribution in [2.24, 2.45) is 5.92 Å². The van der Waals surface area contributed by atoms with Gasteiger partial charge in [0, 0.05) is 29.9 Å². The Morgan fingerprint density at radius 1 is 1.03 bits per heavy atom. The molecule has 0 aromatic heterocycles. The van der Waals surface area contributed by atoms with Gasteiger partial charge in [-0.15, -0.1) is 0 Å². The van der Waals surface area contributed by atoms with Crippen LogP contribution in [0, 0.1) is 5.92 Å². The third-order valence-electron chi connectivity index (χ3n) is 4.92. The molecule has 6 nitrogen and oxygen atoms in total. The van der Waals surface area contributed by atoms with Crippen LogP contribution in [0.2, 0.25) is 0 Å². The van der Waals surface area contributed by atoms with Crippen LogP contribution in [0.5, 0.6) is 5.75 Å². The molecule has 1 fully saturated rings. The number of likely N-dealkylation sites (tertiary alicyclic amines) is 1. The standard InChI is InChI=1S/C24H29N3O3S/c1-17(2)16-30-21-11-7-8-18(15-21)22(28)26-24(31)25-20-10-6-9-19(14-20)23(29)27-12-4-3-5-13-27/h6-11,14-15,17H,3-5,12-13,16H2,1-2H3,(H2,25,26,28,31). The van der Waals surface area contributed by atoms with E-state index in [2.05, 4.69) is 24.5 Å². The number of hydrogen-bond acceptors (Lipinski definition) is 4. The summed E-state index contributed by atoms with van der Waals surface area (Å²) in [7, 11) is 0. The second-order valence-electron chi connectivity index (χ2n) is 8.07. The smallest absolute Gasteiger partial charge is 0.257 e. The Bertz CT molecular complexity index is 939. The lowest BCUT2D eigenvalue weighted by Gasteiger charge is -2.26. The van der Waals surface area contributed by atoms with E-state index >= 15 is 0 Å². The summed E-state index contributed by atoms with van der Waals surface area (Å²) in [5.74, 6) is 0.737. The van der Waals surface area contributed by atoms with Crippen LogP contribution in [-0.2, 0) is 0 Å². The lowest BCUT2D eigenvalue weighted by atomic mass is 10.1. The van der Waals surface area contributed by atoms with Gasteiger partial charge in [0.15, 0.2) is 5.11 Å². The van der Waals surface area contributed by atoms with Gasteiger partial charge in [-0.2, -0.15) is 0 Å². The van der Waals surface area contributed by atoms with Crippen LogP contribution >= 0.6 is 12.2 Å². The van der Waals surface area contributed by atoms with E-state index in [4.69, 9.17) is 17.0 Å². The van der Waals surface area contributed by atoms with Crippen LogP contribution in [0.4, 0.5) is 5.69 Å². The van der Waals surface area contributed by atoms with Crippen LogP contribution in [0.15, 0.2) is 48.5 Å². The highest BCUT2D eigenvalue weighted by molar-refractivity contribution is 7.80. The molecule has 1 aliphatic heterocycles. The average Bonchev–Trinajstić information content (AvgIpc) is 2.78. The van der Waals surface area contributed by atoms with Gasteiger partial charge >= 0.3 is 0 Å². The zero-order chi connectivity index (χ0) is 22.2. The summed E-state index contributed by atoms with van der Waals surface area (Å²) in [5, 5.41) is 5.84. The van der Waals surface area contributed by atoms with Crippen LogP contribution in [0.1, 0.15) is 53.8 Å². The van der Waals surface area contributed by atoms with Crippen molar-refractivity contribution < 1.29 is 14.3 Å². The number of anilines is 1. The van der Waals surface area contributed by atoms with Gasteiger partial charge in [0.1, 0.15) is 5.75 Å². The average molecular weight is 440 g/mol. The molecular formula is C24H29N3O3S. The largest absolute Gasteiger partial charge is 0.493 e. The maximum absolute atomic E-state index is 12.7. The first kappa shape index (κ1) is 22.7. The number of hydrogen-bond donors (Lipinski definition) is 2. The lowest BCUT2D eigenvalue weighted by Crippen LogP contribution is -2.36. The van der Waals surface area contributed by atoms with Crippen molar-refractivity contribution in [2.75, 3.05) is 25.0 Å². The Morgan fingerprint density at radius 2 is 1.74 bits per heavy atom.